The van der Waals surface area contributed by atoms with Crippen LogP contribution in [0.15, 0.2) is 0 Å². The molecule has 1 unspecified atom stereocenters. The fraction of sp³-hybridized carbons (Fsp3) is 1.00. The summed E-state index contributed by atoms with van der Waals surface area (Å²) in [6.07, 6.45) is 4.32. The molecule has 0 spiro atoms. The molecule has 1 aliphatic rings. The molecule has 0 heterocycles. The summed E-state index contributed by atoms with van der Waals surface area (Å²) in [7, 11) is 4.30. The summed E-state index contributed by atoms with van der Waals surface area (Å²) < 4.78 is 0. The average molecular weight is 170 g/mol. The Labute approximate surface area is 76.3 Å². The van der Waals surface area contributed by atoms with Crippen LogP contribution in [0.4, 0.5) is 0 Å². The van der Waals surface area contributed by atoms with E-state index < -0.39 is 0 Å². The van der Waals surface area contributed by atoms with E-state index >= 15 is 0 Å². The fourth-order valence-corrected chi connectivity index (χ4v) is 1.71. The van der Waals surface area contributed by atoms with Crippen LogP contribution in [0.3, 0.4) is 0 Å². The fourth-order valence-electron chi connectivity index (χ4n) is 1.71. The van der Waals surface area contributed by atoms with Gasteiger partial charge in [-0.05, 0) is 33.0 Å². The molecular formula is C10H22N2. The molecule has 1 fully saturated rings. The van der Waals surface area contributed by atoms with Crippen molar-refractivity contribution in [1.29, 1.82) is 0 Å². The van der Waals surface area contributed by atoms with E-state index in [1.807, 2.05) is 0 Å². The maximum absolute atomic E-state index is 3.54. The van der Waals surface area contributed by atoms with Crippen molar-refractivity contribution in [2.24, 2.45) is 5.92 Å². The van der Waals surface area contributed by atoms with Crippen molar-refractivity contribution in [3.63, 3.8) is 0 Å². The minimum atomic E-state index is 0.720. The van der Waals surface area contributed by atoms with Gasteiger partial charge in [0, 0.05) is 12.6 Å². The van der Waals surface area contributed by atoms with Crippen molar-refractivity contribution in [3.05, 3.63) is 0 Å². The number of likely N-dealkylation sites (N-methyl/N-ethyl adjacent to an activating group) is 2. The lowest BCUT2D eigenvalue weighted by atomic mass is 10.1. The molecule has 2 heteroatoms. The monoisotopic (exact) mass is 170 g/mol. The second-order valence-corrected chi connectivity index (χ2v) is 4.20. The highest BCUT2D eigenvalue weighted by Crippen LogP contribution is 2.33. The quantitative estimate of drug-likeness (QED) is 0.647. The minimum Gasteiger partial charge on any atom is -0.313 e. The van der Waals surface area contributed by atoms with Crippen LogP contribution in [0.5, 0.6) is 0 Å². The Kier molecular flexibility index (Phi) is 4.02. The van der Waals surface area contributed by atoms with Gasteiger partial charge in [0.2, 0.25) is 0 Å². The molecule has 0 aromatic rings. The van der Waals surface area contributed by atoms with Crippen molar-refractivity contribution < 1.29 is 0 Å². The third-order valence-electron chi connectivity index (χ3n) is 2.39. The third kappa shape index (κ3) is 4.07. The predicted octanol–water partition coefficient (Wildman–Crippen LogP) is 1.33. The summed E-state index contributed by atoms with van der Waals surface area (Å²) >= 11 is 0. The lowest BCUT2D eigenvalue weighted by molar-refractivity contribution is 0.322. The maximum Gasteiger partial charge on any atom is 0.0197 e. The van der Waals surface area contributed by atoms with Gasteiger partial charge in [-0.3, -0.25) is 0 Å². The van der Waals surface area contributed by atoms with E-state index in [9.17, 15) is 0 Å². The van der Waals surface area contributed by atoms with Gasteiger partial charge in [0.05, 0.1) is 0 Å². The predicted molar refractivity (Wildman–Crippen MR) is 53.4 cm³/mol. The van der Waals surface area contributed by atoms with Gasteiger partial charge in [-0.2, -0.15) is 0 Å². The molecule has 0 aromatic heterocycles. The highest BCUT2D eigenvalue weighted by molar-refractivity contribution is 4.81. The summed E-state index contributed by atoms with van der Waals surface area (Å²) in [5, 5.41) is 3.54. The first kappa shape index (κ1) is 10.0. The van der Waals surface area contributed by atoms with E-state index in [0.717, 1.165) is 18.5 Å². The summed E-state index contributed by atoms with van der Waals surface area (Å²) in [5.74, 6) is 1.04. The van der Waals surface area contributed by atoms with Crippen molar-refractivity contribution in [1.82, 2.24) is 10.2 Å². The molecule has 1 rings (SSSR count). The molecule has 0 aromatic carbocycles. The first-order valence-electron chi connectivity index (χ1n) is 5.10. The van der Waals surface area contributed by atoms with Crippen LogP contribution >= 0.6 is 0 Å². The number of nitrogens with one attached hydrogen (secondary N) is 1. The highest BCUT2D eigenvalue weighted by atomic mass is 15.1. The Morgan fingerprint density at radius 2 is 2.08 bits per heavy atom. The van der Waals surface area contributed by atoms with Gasteiger partial charge in [0.25, 0.3) is 0 Å². The van der Waals surface area contributed by atoms with Crippen LogP contribution in [-0.4, -0.2) is 38.1 Å². The van der Waals surface area contributed by atoms with Crippen LogP contribution in [0, 0.1) is 5.92 Å². The van der Waals surface area contributed by atoms with Crippen LogP contribution in [-0.2, 0) is 0 Å². The van der Waals surface area contributed by atoms with Gasteiger partial charge >= 0.3 is 0 Å². The van der Waals surface area contributed by atoms with E-state index in [2.05, 4.69) is 31.2 Å². The smallest absolute Gasteiger partial charge is 0.0197 e. The molecule has 1 atom stereocenters. The van der Waals surface area contributed by atoms with Crippen molar-refractivity contribution >= 4 is 0 Å². The van der Waals surface area contributed by atoms with E-state index in [1.165, 1.54) is 25.8 Å². The Balaban J connectivity index is 2.16. The largest absolute Gasteiger partial charge is 0.313 e. The molecule has 1 aliphatic carbocycles. The lowest BCUT2D eigenvalue weighted by Gasteiger charge is -2.21. The van der Waals surface area contributed by atoms with Gasteiger partial charge < -0.3 is 10.2 Å². The summed E-state index contributed by atoms with van der Waals surface area (Å²) in [6.45, 7) is 4.48. The highest BCUT2D eigenvalue weighted by Gasteiger charge is 2.25. The molecule has 72 valence electrons. The number of hydrogen-bond acceptors (Lipinski definition) is 2. The van der Waals surface area contributed by atoms with Crippen molar-refractivity contribution in [3.8, 4) is 0 Å². The van der Waals surface area contributed by atoms with Crippen LogP contribution in [0.2, 0.25) is 0 Å². The van der Waals surface area contributed by atoms with Gasteiger partial charge in [-0.1, -0.05) is 19.8 Å². The van der Waals surface area contributed by atoms with Crippen LogP contribution in [0.25, 0.3) is 0 Å². The summed E-state index contributed by atoms with van der Waals surface area (Å²) in [4.78, 5) is 2.27. The topological polar surface area (TPSA) is 15.3 Å². The Morgan fingerprint density at radius 1 is 1.42 bits per heavy atom. The van der Waals surface area contributed by atoms with Crippen LogP contribution < -0.4 is 5.32 Å². The van der Waals surface area contributed by atoms with Gasteiger partial charge in [0.1, 0.15) is 0 Å². The normalized spacial score (nSPS) is 20.0. The zero-order valence-electron chi connectivity index (χ0n) is 8.64. The third-order valence-corrected chi connectivity index (χ3v) is 2.39. The summed E-state index contributed by atoms with van der Waals surface area (Å²) in [5.41, 5.74) is 0. The Hall–Kier alpha value is -0.0800. The minimum absolute atomic E-state index is 0.720. The Bertz CT molecular complexity index is 115. The molecule has 0 radical (unpaired) electrons. The lowest BCUT2D eigenvalue weighted by Crippen LogP contribution is -2.38. The van der Waals surface area contributed by atoms with E-state index in [0.29, 0.717) is 0 Å². The molecule has 0 aliphatic heterocycles. The SMILES string of the molecule is CCNC(CC1CC1)CN(C)C. The van der Waals surface area contributed by atoms with E-state index in [1.54, 1.807) is 0 Å². The van der Waals surface area contributed by atoms with Crippen molar-refractivity contribution in [2.45, 2.75) is 32.2 Å². The van der Waals surface area contributed by atoms with Gasteiger partial charge in [-0.15, -0.1) is 0 Å². The second kappa shape index (κ2) is 4.83. The average Bonchev–Trinajstić information content (AvgIpc) is 2.70. The molecule has 2 nitrogen and oxygen atoms in total. The molecule has 0 amide bonds. The van der Waals surface area contributed by atoms with Gasteiger partial charge in [-0.25, -0.2) is 0 Å². The van der Waals surface area contributed by atoms with E-state index in [4.69, 9.17) is 0 Å². The maximum atomic E-state index is 3.54. The van der Waals surface area contributed by atoms with E-state index in [-0.39, 0.29) is 0 Å². The summed E-state index contributed by atoms with van der Waals surface area (Å²) in [6, 6.07) is 0.720. The number of rotatable bonds is 6. The molecule has 12 heavy (non-hydrogen) atoms. The molecule has 0 bridgehead atoms. The number of hydrogen-bond donors (Lipinski definition) is 1. The zero-order valence-corrected chi connectivity index (χ0v) is 8.64. The van der Waals surface area contributed by atoms with Crippen molar-refractivity contribution in [2.75, 3.05) is 27.2 Å². The molecular weight excluding hydrogens is 148 g/mol. The van der Waals surface area contributed by atoms with Crippen LogP contribution in [0.1, 0.15) is 26.2 Å². The first-order valence-corrected chi connectivity index (χ1v) is 5.10. The van der Waals surface area contributed by atoms with Gasteiger partial charge in [0.15, 0.2) is 0 Å². The second-order valence-electron chi connectivity index (χ2n) is 4.20. The Morgan fingerprint density at radius 3 is 2.50 bits per heavy atom. The first-order chi connectivity index (χ1) is 5.72. The number of nitrogens with zero attached hydrogens (tertiary/aromatic N) is 1. The standard InChI is InChI=1S/C10H22N2/c1-4-11-10(8-12(2)3)7-9-5-6-9/h9-11H,4-8H2,1-3H3. The molecule has 0 saturated heterocycles. The molecule has 1 N–H and O–H groups in total. The zero-order chi connectivity index (χ0) is 8.97. The molecule has 1 saturated carbocycles.